The quantitative estimate of drug-likeness (QED) is 0.405. The summed E-state index contributed by atoms with van der Waals surface area (Å²) in [6.45, 7) is 3.02. The predicted molar refractivity (Wildman–Crippen MR) is 81.4 cm³/mol. The van der Waals surface area contributed by atoms with Crippen LogP contribution < -0.4 is 20.5 Å². The summed E-state index contributed by atoms with van der Waals surface area (Å²) in [6.07, 6.45) is 1.49. The number of nitro benzene ring substituents is 1. The van der Waals surface area contributed by atoms with Crippen molar-refractivity contribution in [3.8, 4) is 11.5 Å². The normalized spacial score (nSPS) is 10.1. The van der Waals surface area contributed by atoms with Gasteiger partial charge >= 0.3 is 0 Å². The Morgan fingerprint density at radius 3 is 2.64 bits per heavy atom. The van der Waals surface area contributed by atoms with Crippen LogP contribution in [0.4, 0.5) is 5.69 Å². The van der Waals surface area contributed by atoms with Gasteiger partial charge in [-0.1, -0.05) is 0 Å². The Morgan fingerprint density at radius 2 is 2.09 bits per heavy atom. The fraction of sp³-hybridized carbons (Fsp3) is 0.500. The molecule has 0 saturated heterocycles. The van der Waals surface area contributed by atoms with Crippen LogP contribution in [-0.2, 0) is 0 Å². The third-order valence-electron chi connectivity index (χ3n) is 2.94. The highest BCUT2D eigenvalue weighted by Crippen LogP contribution is 2.34. The van der Waals surface area contributed by atoms with Gasteiger partial charge in [0.2, 0.25) is 0 Å². The highest BCUT2D eigenvalue weighted by atomic mass is 16.6. The van der Waals surface area contributed by atoms with Crippen LogP contribution in [0.3, 0.4) is 0 Å². The van der Waals surface area contributed by atoms with Gasteiger partial charge in [0.05, 0.1) is 24.7 Å². The van der Waals surface area contributed by atoms with E-state index < -0.39 is 10.8 Å². The summed E-state index contributed by atoms with van der Waals surface area (Å²) >= 11 is 0. The number of benzene rings is 1. The summed E-state index contributed by atoms with van der Waals surface area (Å²) in [5, 5.41) is 13.8. The number of carbonyl (C=O) groups excluding carboxylic acids is 1. The molecule has 3 N–H and O–H groups in total. The van der Waals surface area contributed by atoms with Crippen molar-refractivity contribution in [3.63, 3.8) is 0 Å². The van der Waals surface area contributed by atoms with Gasteiger partial charge in [0.25, 0.3) is 11.6 Å². The van der Waals surface area contributed by atoms with E-state index in [-0.39, 0.29) is 22.7 Å². The van der Waals surface area contributed by atoms with Gasteiger partial charge in [-0.2, -0.15) is 0 Å². The molecule has 0 unspecified atom stereocenters. The molecule has 122 valence electrons. The maximum absolute atomic E-state index is 12.1. The van der Waals surface area contributed by atoms with E-state index in [1.54, 1.807) is 6.92 Å². The number of nitrogens with zero attached hydrogens (tertiary/aromatic N) is 1. The van der Waals surface area contributed by atoms with Crippen molar-refractivity contribution in [2.75, 3.05) is 26.8 Å². The SMILES string of the molecule is CCOc1cc([N+](=O)[O-])c(C(=O)NCCCCN)cc1OC. The van der Waals surface area contributed by atoms with Crippen molar-refractivity contribution in [2.24, 2.45) is 5.73 Å². The summed E-state index contributed by atoms with van der Waals surface area (Å²) in [4.78, 5) is 22.7. The maximum atomic E-state index is 12.1. The van der Waals surface area contributed by atoms with Gasteiger partial charge in [0.1, 0.15) is 5.56 Å². The second-order valence-electron chi connectivity index (χ2n) is 4.46. The molecule has 1 amide bonds. The van der Waals surface area contributed by atoms with Crippen LogP contribution >= 0.6 is 0 Å². The van der Waals surface area contributed by atoms with Crippen molar-refractivity contribution in [1.82, 2.24) is 5.32 Å². The molecule has 8 heteroatoms. The number of hydrogen-bond donors (Lipinski definition) is 2. The van der Waals surface area contributed by atoms with Crippen molar-refractivity contribution in [2.45, 2.75) is 19.8 Å². The Morgan fingerprint density at radius 1 is 1.36 bits per heavy atom. The number of unbranched alkanes of at least 4 members (excludes halogenated alkanes) is 1. The first-order chi connectivity index (χ1) is 10.5. The second-order valence-corrected chi connectivity index (χ2v) is 4.46. The first-order valence-electron chi connectivity index (χ1n) is 7.02. The van der Waals surface area contributed by atoms with Gasteiger partial charge in [-0.15, -0.1) is 0 Å². The van der Waals surface area contributed by atoms with Gasteiger partial charge in [-0.3, -0.25) is 14.9 Å². The Labute approximate surface area is 128 Å². The number of methoxy groups -OCH3 is 1. The van der Waals surface area contributed by atoms with Crippen LogP contribution in [0.15, 0.2) is 12.1 Å². The zero-order valence-electron chi connectivity index (χ0n) is 12.8. The molecule has 0 spiro atoms. The van der Waals surface area contributed by atoms with Crippen molar-refractivity contribution in [1.29, 1.82) is 0 Å². The predicted octanol–water partition coefficient (Wildman–Crippen LogP) is 1.47. The lowest BCUT2D eigenvalue weighted by Gasteiger charge is -2.12. The molecule has 0 atom stereocenters. The molecule has 0 bridgehead atoms. The van der Waals surface area contributed by atoms with Gasteiger partial charge < -0.3 is 20.5 Å². The summed E-state index contributed by atoms with van der Waals surface area (Å²) in [7, 11) is 1.41. The van der Waals surface area contributed by atoms with E-state index in [1.807, 2.05) is 0 Å². The summed E-state index contributed by atoms with van der Waals surface area (Å²) in [5.41, 5.74) is 4.99. The van der Waals surface area contributed by atoms with E-state index in [1.165, 1.54) is 19.2 Å². The van der Waals surface area contributed by atoms with Crippen LogP contribution in [0.1, 0.15) is 30.1 Å². The van der Waals surface area contributed by atoms with Gasteiger partial charge in [0.15, 0.2) is 11.5 Å². The lowest BCUT2D eigenvalue weighted by Crippen LogP contribution is -2.25. The lowest BCUT2D eigenvalue weighted by molar-refractivity contribution is -0.385. The molecule has 0 radical (unpaired) electrons. The minimum Gasteiger partial charge on any atom is -0.493 e. The minimum absolute atomic E-state index is 0.0574. The highest BCUT2D eigenvalue weighted by Gasteiger charge is 2.24. The minimum atomic E-state index is -0.614. The molecule has 22 heavy (non-hydrogen) atoms. The molecule has 0 heterocycles. The molecule has 0 aliphatic rings. The highest BCUT2D eigenvalue weighted by molar-refractivity contribution is 5.99. The molecule has 1 rings (SSSR count). The topological polar surface area (TPSA) is 117 Å². The van der Waals surface area contributed by atoms with E-state index in [2.05, 4.69) is 5.32 Å². The monoisotopic (exact) mass is 311 g/mol. The third kappa shape index (κ3) is 4.59. The first-order valence-corrected chi connectivity index (χ1v) is 7.02. The second kappa shape index (κ2) is 8.83. The van der Waals surface area contributed by atoms with E-state index >= 15 is 0 Å². The van der Waals surface area contributed by atoms with Gasteiger partial charge in [0, 0.05) is 12.6 Å². The molecular weight excluding hydrogens is 290 g/mol. The maximum Gasteiger partial charge on any atom is 0.286 e. The van der Waals surface area contributed by atoms with E-state index in [0.717, 1.165) is 6.42 Å². The van der Waals surface area contributed by atoms with Crippen LogP contribution in [0, 0.1) is 10.1 Å². The zero-order valence-corrected chi connectivity index (χ0v) is 12.8. The smallest absolute Gasteiger partial charge is 0.286 e. The molecule has 1 aromatic rings. The number of rotatable bonds is 9. The fourth-order valence-corrected chi connectivity index (χ4v) is 1.88. The molecule has 0 aromatic heterocycles. The van der Waals surface area contributed by atoms with E-state index in [4.69, 9.17) is 15.2 Å². The summed E-state index contributed by atoms with van der Waals surface area (Å²) in [5.74, 6) is -0.0130. The lowest BCUT2D eigenvalue weighted by atomic mass is 10.1. The number of nitro groups is 1. The molecule has 8 nitrogen and oxygen atoms in total. The average molecular weight is 311 g/mol. The Hall–Kier alpha value is -2.35. The molecule has 0 aliphatic carbocycles. The number of ether oxygens (including phenoxy) is 2. The van der Waals surface area contributed by atoms with Crippen LogP contribution in [-0.4, -0.2) is 37.6 Å². The first kappa shape index (κ1) is 17.7. The zero-order chi connectivity index (χ0) is 16.5. The van der Waals surface area contributed by atoms with Crippen LogP contribution in [0.25, 0.3) is 0 Å². The van der Waals surface area contributed by atoms with E-state index in [0.29, 0.717) is 26.1 Å². The average Bonchev–Trinajstić information content (AvgIpc) is 2.51. The van der Waals surface area contributed by atoms with Gasteiger partial charge in [-0.05, 0) is 26.3 Å². The number of nitrogens with two attached hydrogens (primary N) is 1. The standard InChI is InChI=1S/C14H21N3O5/c1-3-22-13-9-11(17(19)20)10(8-12(13)21-2)14(18)16-7-5-4-6-15/h8-9H,3-7,15H2,1-2H3,(H,16,18). The van der Waals surface area contributed by atoms with Crippen molar-refractivity contribution in [3.05, 3.63) is 27.8 Å². The Bertz CT molecular complexity index is 533. The number of carbonyl (C=O) groups is 1. The number of nitrogens with one attached hydrogen (secondary N) is 1. The van der Waals surface area contributed by atoms with Crippen molar-refractivity contribution < 1.29 is 19.2 Å². The summed E-state index contributed by atoms with van der Waals surface area (Å²) < 4.78 is 10.4. The largest absolute Gasteiger partial charge is 0.493 e. The number of hydrogen-bond acceptors (Lipinski definition) is 6. The fourth-order valence-electron chi connectivity index (χ4n) is 1.88. The van der Waals surface area contributed by atoms with Gasteiger partial charge in [-0.25, -0.2) is 0 Å². The Balaban J connectivity index is 3.05. The number of amides is 1. The van der Waals surface area contributed by atoms with Crippen LogP contribution in [0.5, 0.6) is 11.5 Å². The van der Waals surface area contributed by atoms with Crippen molar-refractivity contribution >= 4 is 11.6 Å². The molecule has 0 saturated carbocycles. The molecular formula is C14H21N3O5. The molecule has 1 aromatic carbocycles. The van der Waals surface area contributed by atoms with Crippen LogP contribution in [0.2, 0.25) is 0 Å². The van der Waals surface area contributed by atoms with E-state index in [9.17, 15) is 14.9 Å². The Kier molecular flexibility index (Phi) is 7.11. The summed E-state index contributed by atoms with van der Waals surface area (Å²) in [6, 6.07) is 2.53. The third-order valence-corrected chi connectivity index (χ3v) is 2.94. The molecule has 0 aliphatic heterocycles. The molecule has 0 fully saturated rings.